The highest BCUT2D eigenvalue weighted by Crippen LogP contribution is 2.18. The minimum atomic E-state index is -0.247. The van der Waals surface area contributed by atoms with Gasteiger partial charge in [0.2, 0.25) is 5.69 Å². The monoisotopic (exact) mass is 239 g/mol. The van der Waals surface area contributed by atoms with Crippen LogP contribution in [0.5, 0.6) is 0 Å². The first kappa shape index (κ1) is 12.6. The number of nitrogens with one attached hydrogen (secondary N) is 1. The number of pyridine rings is 1. The van der Waals surface area contributed by atoms with E-state index in [2.05, 4.69) is 4.98 Å². The fourth-order valence-corrected chi connectivity index (χ4v) is 1.43. The van der Waals surface area contributed by atoms with Crippen molar-refractivity contribution in [2.24, 2.45) is 0 Å². The molecule has 16 heavy (non-hydrogen) atoms. The lowest BCUT2D eigenvalue weighted by Crippen LogP contribution is -3.00. The van der Waals surface area contributed by atoms with Crippen molar-refractivity contribution in [3.63, 3.8) is 0 Å². The van der Waals surface area contributed by atoms with Crippen LogP contribution in [0.15, 0.2) is 42.6 Å². The molecule has 1 heterocycles. The van der Waals surface area contributed by atoms with Gasteiger partial charge in [0.1, 0.15) is 12.4 Å². The van der Waals surface area contributed by atoms with Crippen LogP contribution in [0.4, 0.5) is 4.39 Å². The van der Waals surface area contributed by atoms with Crippen molar-refractivity contribution >= 4 is 0 Å². The summed E-state index contributed by atoms with van der Waals surface area (Å²) in [5.74, 6) is -0.247. The largest absolute Gasteiger partial charge is 1.00 e. The molecular weight excluding hydrogens is 229 g/mol. The fraction of sp³-hybridized carbons (Fsp3) is 0.0833. The Morgan fingerprint density at radius 1 is 1.06 bits per heavy atom. The van der Waals surface area contributed by atoms with Gasteiger partial charge in [-0.25, -0.2) is 9.37 Å². The summed E-state index contributed by atoms with van der Waals surface area (Å²) in [6.07, 6.45) is 1.75. The van der Waals surface area contributed by atoms with Crippen LogP contribution in [0.25, 0.3) is 11.1 Å². The number of aromatic amines is 1. The lowest BCUT2D eigenvalue weighted by atomic mass is 10.1. The van der Waals surface area contributed by atoms with Crippen molar-refractivity contribution in [3.8, 4) is 11.1 Å². The standard InChI is InChI=1S/C12H10FNO.ClH/c13-11-3-1-9(2-4-11)10-5-6-14-12(7-10)8-15;/h1-7,15H,8H2;1H. The van der Waals surface area contributed by atoms with Crippen molar-refractivity contribution in [3.05, 3.63) is 54.1 Å². The van der Waals surface area contributed by atoms with Crippen molar-refractivity contribution in [1.82, 2.24) is 0 Å². The van der Waals surface area contributed by atoms with Gasteiger partial charge in [-0.15, -0.1) is 0 Å². The van der Waals surface area contributed by atoms with E-state index in [1.54, 1.807) is 18.3 Å². The molecule has 0 bridgehead atoms. The van der Waals surface area contributed by atoms with Gasteiger partial charge in [0.25, 0.3) is 0 Å². The second-order valence-corrected chi connectivity index (χ2v) is 3.27. The highest BCUT2D eigenvalue weighted by atomic mass is 35.5. The van der Waals surface area contributed by atoms with Gasteiger partial charge >= 0.3 is 0 Å². The lowest BCUT2D eigenvalue weighted by molar-refractivity contribution is -0.394. The summed E-state index contributed by atoms with van der Waals surface area (Å²) >= 11 is 0. The van der Waals surface area contributed by atoms with Crippen LogP contribution >= 0.6 is 0 Å². The van der Waals surface area contributed by atoms with E-state index in [-0.39, 0.29) is 24.8 Å². The molecule has 0 atom stereocenters. The molecule has 2 rings (SSSR count). The van der Waals surface area contributed by atoms with E-state index in [9.17, 15) is 4.39 Å². The van der Waals surface area contributed by atoms with Gasteiger partial charge < -0.3 is 17.5 Å². The Kier molecular flexibility index (Phi) is 4.40. The Hall–Kier alpha value is -1.45. The molecule has 2 N–H and O–H groups in total. The molecule has 0 saturated carbocycles. The molecule has 1 aromatic carbocycles. The Bertz CT molecular complexity index is 459. The molecule has 0 unspecified atom stereocenters. The average molecular weight is 240 g/mol. The van der Waals surface area contributed by atoms with Crippen LogP contribution in [0.1, 0.15) is 5.69 Å². The van der Waals surface area contributed by atoms with E-state index >= 15 is 0 Å². The van der Waals surface area contributed by atoms with Gasteiger partial charge in [-0.2, -0.15) is 0 Å². The third-order valence-electron chi connectivity index (χ3n) is 2.21. The van der Waals surface area contributed by atoms with Crippen LogP contribution in [0.2, 0.25) is 0 Å². The number of aromatic nitrogens is 1. The molecule has 2 aromatic rings. The van der Waals surface area contributed by atoms with E-state index in [1.807, 2.05) is 12.1 Å². The number of halogens is 2. The first-order valence-corrected chi connectivity index (χ1v) is 4.67. The SMILES string of the molecule is OCc1cc(-c2ccc(F)cc2)cc[nH+]1.[Cl-]. The van der Waals surface area contributed by atoms with Crippen molar-refractivity contribution < 1.29 is 26.9 Å². The predicted octanol–water partition coefficient (Wildman–Crippen LogP) is -1.20. The smallest absolute Gasteiger partial charge is 0.205 e. The minimum Gasteiger partial charge on any atom is -1.00 e. The summed E-state index contributed by atoms with van der Waals surface area (Å²) in [6, 6.07) is 9.99. The van der Waals surface area contributed by atoms with E-state index in [0.29, 0.717) is 0 Å². The van der Waals surface area contributed by atoms with Crippen molar-refractivity contribution in [2.45, 2.75) is 6.61 Å². The van der Waals surface area contributed by atoms with Crippen LogP contribution < -0.4 is 17.4 Å². The number of benzene rings is 1. The van der Waals surface area contributed by atoms with Gasteiger partial charge in [0, 0.05) is 12.1 Å². The maximum absolute atomic E-state index is 12.7. The maximum Gasteiger partial charge on any atom is 0.205 e. The molecule has 0 spiro atoms. The number of hydrogen-bond acceptors (Lipinski definition) is 1. The predicted molar refractivity (Wildman–Crippen MR) is 54.3 cm³/mol. The minimum absolute atomic E-state index is 0. The molecule has 0 saturated heterocycles. The van der Waals surface area contributed by atoms with Gasteiger partial charge in [0.15, 0.2) is 6.20 Å². The highest BCUT2D eigenvalue weighted by molar-refractivity contribution is 5.62. The van der Waals surface area contributed by atoms with Crippen molar-refractivity contribution in [1.29, 1.82) is 0 Å². The summed E-state index contributed by atoms with van der Waals surface area (Å²) in [5.41, 5.74) is 2.62. The number of aliphatic hydroxyl groups is 1. The Morgan fingerprint density at radius 2 is 1.75 bits per heavy atom. The molecule has 0 radical (unpaired) electrons. The van der Waals surface area contributed by atoms with Crippen LogP contribution in [0, 0.1) is 5.82 Å². The van der Waals surface area contributed by atoms with Crippen LogP contribution in [0.3, 0.4) is 0 Å². The number of rotatable bonds is 2. The molecule has 4 heteroatoms. The first-order valence-electron chi connectivity index (χ1n) is 4.67. The second kappa shape index (κ2) is 5.58. The molecule has 0 aliphatic heterocycles. The zero-order valence-electron chi connectivity index (χ0n) is 8.45. The molecule has 0 aliphatic rings. The van der Waals surface area contributed by atoms with E-state index < -0.39 is 0 Å². The molecule has 0 fully saturated rings. The normalized spacial score (nSPS) is 9.62. The maximum atomic E-state index is 12.7. The summed E-state index contributed by atoms with van der Waals surface area (Å²) < 4.78 is 12.7. The topological polar surface area (TPSA) is 34.4 Å². The summed E-state index contributed by atoms with van der Waals surface area (Å²) in [5, 5.41) is 8.96. The van der Waals surface area contributed by atoms with Crippen LogP contribution in [-0.4, -0.2) is 5.11 Å². The van der Waals surface area contributed by atoms with E-state index in [0.717, 1.165) is 16.8 Å². The first-order chi connectivity index (χ1) is 7.29. The number of H-pyrrole nitrogens is 1. The zero-order chi connectivity index (χ0) is 10.7. The Morgan fingerprint density at radius 3 is 2.38 bits per heavy atom. The molecule has 0 aliphatic carbocycles. The average Bonchev–Trinajstić information content (AvgIpc) is 2.30. The Labute approximate surface area is 99.2 Å². The summed E-state index contributed by atoms with van der Waals surface area (Å²) in [7, 11) is 0. The zero-order valence-corrected chi connectivity index (χ0v) is 9.21. The Balaban J connectivity index is 0.00000128. The summed E-state index contributed by atoms with van der Waals surface area (Å²) in [6.45, 7) is -0.0327. The third kappa shape index (κ3) is 2.78. The third-order valence-corrected chi connectivity index (χ3v) is 2.21. The van der Waals surface area contributed by atoms with Gasteiger partial charge in [-0.1, -0.05) is 12.1 Å². The van der Waals surface area contributed by atoms with Crippen molar-refractivity contribution in [2.75, 3.05) is 0 Å². The quantitative estimate of drug-likeness (QED) is 0.702. The fourth-order valence-electron chi connectivity index (χ4n) is 1.43. The molecular formula is C12H11ClFNO. The molecule has 84 valence electrons. The lowest BCUT2D eigenvalue weighted by Gasteiger charge is -1.99. The van der Waals surface area contributed by atoms with E-state index in [4.69, 9.17) is 5.11 Å². The molecule has 1 aromatic heterocycles. The molecule has 2 nitrogen and oxygen atoms in total. The summed E-state index contributed by atoms with van der Waals surface area (Å²) in [4.78, 5) is 2.92. The molecule has 0 amide bonds. The van der Waals surface area contributed by atoms with Gasteiger partial charge in [-0.3, -0.25) is 0 Å². The van der Waals surface area contributed by atoms with E-state index in [1.165, 1.54) is 12.1 Å². The highest BCUT2D eigenvalue weighted by Gasteiger charge is 2.03. The number of aliphatic hydroxyl groups excluding tert-OH is 1. The number of hydrogen-bond donors (Lipinski definition) is 1. The van der Waals surface area contributed by atoms with Gasteiger partial charge in [0.05, 0.1) is 0 Å². The van der Waals surface area contributed by atoms with Gasteiger partial charge in [-0.05, 0) is 23.3 Å². The van der Waals surface area contributed by atoms with Crippen LogP contribution in [-0.2, 0) is 6.61 Å². The second-order valence-electron chi connectivity index (χ2n) is 3.27.